The van der Waals surface area contributed by atoms with Crippen molar-refractivity contribution in [2.45, 2.75) is 6.10 Å². The predicted molar refractivity (Wildman–Crippen MR) is 77.7 cm³/mol. The Hall–Kier alpha value is -1.59. The van der Waals surface area contributed by atoms with E-state index in [1.807, 2.05) is 0 Å². The summed E-state index contributed by atoms with van der Waals surface area (Å²) in [5.41, 5.74) is 0.620. The normalized spacial score (nSPS) is 12.1. The van der Waals surface area contributed by atoms with Gasteiger partial charge in [0.2, 0.25) is 0 Å². The number of rotatable bonds is 4. The van der Waals surface area contributed by atoms with Crippen LogP contribution in [0, 0.1) is 5.82 Å². The molecule has 20 heavy (non-hydrogen) atoms. The first-order chi connectivity index (χ1) is 9.60. The zero-order chi connectivity index (χ0) is 14.7. The van der Waals surface area contributed by atoms with Crippen LogP contribution in [0.4, 0.5) is 4.39 Å². The summed E-state index contributed by atoms with van der Waals surface area (Å²) in [7, 11) is 2.99. The van der Waals surface area contributed by atoms with Gasteiger partial charge in [-0.15, -0.1) is 0 Å². The summed E-state index contributed by atoms with van der Waals surface area (Å²) in [4.78, 5) is 0. The Morgan fingerprint density at radius 2 is 1.70 bits per heavy atom. The lowest BCUT2D eigenvalue weighted by Gasteiger charge is -2.18. The Morgan fingerprint density at radius 3 is 2.35 bits per heavy atom. The SMILES string of the molecule is COc1cccc(C(O)c2cccc(Br)c2F)c1OC. The first-order valence-electron chi connectivity index (χ1n) is 5.93. The van der Waals surface area contributed by atoms with Crippen LogP contribution in [0.3, 0.4) is 0 Å². The number of ether oxygens (including phenoxy) is 2. The highest BCUT2D eigenvalue weighted by atomic mass is 79.9. The molecule has 1 atom stereocenters. The Morgan fingerprint density at radius 1 is 1.05 bits per heavy atom. The molecule has 2 rings (SSSR count). The Labute approximate surface area is 125 Å². The number of benzene rings is 2. The van der Waals surface area contributed by atoms with E-state index in [2.05, 4.69) is 15.9 Å². The highest BCUT2D eigenvalue weighted by molar-refractivity contribution is 9.10. The van der Waals surface area contributed by atoms with Gasteiger partial charge >= 0.3 is 0 Å². The van der Waals surface area contributed by atoms with Crippen LogP contribution in [0.15, 0.2) is 40.9 Å². The van der Waals surface area contributed by atoms with Crippen molar-refractivity contribution >= 4 is 15.9 Å². The van der Waals surface area contributed by atoms with Crippen LogP contribution < -0.4 is 9.47 Å². The first-order valence-corrected chi connectivity index (χ1v) is 6.72. The summed E-state index contributed by atoms with van der Waals surface area (Å²) in [6.45, 7) is 0. The van der Waals surface area contributed by atoms with Crippen LogP contribution in [0.25, 0.3) is 0 Å². The van der Waals surface area contributed by atoms with Gasteiger partial charge in [0.05, 0.1) is 18.7 Å². The minimum atomic E-state index is -1.14. The molecule has 0 bridgehead atoms. The van der Waals surface area contributed by atoms with E-state index < -0.39 is 11.9 Å². The Bertz CT molecular complexity index is 616. The van der Waals surface area contributed by atoms with E-state index >= 15 is 0 Å². The van der Waals surface area contributed by atoms with Gasteiger partial charge in [0.25, 0.3) is 0 Å². The summed E-state index contributed by atoms with van der Waals surface area (Å²) >= 11 is 3.11. The molecule has 2 aromatic rings. The van der Waals surface area contributed by atoms with E-state index in [4.69, 9.17) is 9.47 Å². The lowest BCUT2D eigenvalue weighted by molar-refractivity contribution is 0.208. The van der Waals surface area contributed by atoms with Crippen LogP contribution in [-0.4, -0.2) is 19.3 Å². The number of para-hydroxylation sites is 1. The molecule has 0 heterocycles. The second-order valence-electron chi connectivity index (χ2n) is 4.13. The molecule has 0 aliphatic heterocycles. The van der Waals surface area contributed by atoms with Gasteiger partial charge in [-0.05, 0) is 28.1 Å². The topological polar surface area (TPSA) is 38.7 Å². The molecular weight excluding hydrogens is 327 g/mol. The van der Waals surface area contributed by atoms with Gasteiger partial charge in [-0.3, -0.25) is 0 Å². The highest BCUT2D eigenvalue weighted by Gasteiger charge is 2.22. The van der Waals surface area contributed by atoms with Gasteiger partial charge in [0.15, 0.2) is 11.5 Å². The standard InChI is InChI=1S/C15H14BrFO3/c1-19-12-8-4-6-10(15(12)20-2)14(18)9-5-3-7-11(16)13(9)17/h3-8,14,18H,1-2H3. The smallest absolute Gasteiger partial charge is 0.166 e. The van der Waals surface area contributed by atoms with E-state index in [0.29, 0.717) is 21.5 Å². The highest BCUT2D eigenvalue weighted by Crippen LogP contribution is 2.38. The third-order valence-corrected chi connectivity index (χ3v) is 3.62. The molecule has 5 heteroatoms. The van der Waals surface area contributed by atoms with E-state index in [0.717, 1.165) is 0 Å². The number of halogens is 2. The summed E-state index contributed by atoms with van der Waals surface area (Å²) < 4.78 is 24.8. The van der Waals surface area contributed by atoms with Crippen molar-refractivity contribution in [3.8, 4) is 11.5 Å². The lowest BCUT2D eigenvalue weighted by Crippen LogP contribution is -2.06. The molecule has 1 unspecified atom stereocenters. The van der Waals surface area contributed by atoms with Gasteiger partial charge in [0, 0.05) is 11.1 Å². The van der Waals surface area contributed by atoms with Gasteiger partial charge in [-0.25, -0.2) is 4.39 Å². The third-order valence-electron chi connectivity index (χ3n) is 3.00. The molecule has 1 N–H and O–H groups in total. The molecule has 0 aromatic heterocycles. The average molecular weight is 341 g/mol. The van der Waals surface area contributed by atoms with E-state index in [1.54, 1.807) is 30.3 Å². The predicted octanol–water partition coefficient (Wildman–Crippen LogP) is 3.69. The zero-order valence-corrected chi connectivity index (χ0v) is 12.6. The molecule has 0 saturated carbocycles. The van der Waals surface area contributed by atoms with Gasteiger partial charge < -0.3 is 14.6 Å². The molecule has 0 spiro atoms. The molecule has 0 amide bonds. The Balaban J connectivity index is 2.53. The number of methoxy groups -OCH3 is 2. The van der Waals surface area contributed by atoms with Gasteiger partial charge in [-0.2, -0.15) is 0 Å². The lowest BCUT2D eigenvalue weighted by atomic mass is 10.00. The second kappa shape index (κ2) is 6.24. The van der Waals surface area contributed by atoms with Crippen LogP contribution >= 0.6 is 15.9 Å². The Kier molecular flexibility index (Phi) is 4.62. The molecule has 0 aliphatic carbocycles. The summed E-state index contributed by atoms with van der Waals surface area (Å²) in [5.74, 6) is 0.381. The van der Waals surface area contributed by atoms with Crippen molar-refractivity contribution in [2.24, 2.45) is 0 Å². The molecule has 0 saturated heterocycles. The number of hydrogen-bond donors (Lipinski definition) is 1. The summed E-state index contributed by atoms with van der Waals surface area (Å²) in [6.07, 6.45) is -1.14. The number of aliphatic hydroxyl groups excluding tert-OH is 1. The van der Waals surface area contributed by atoms with Gasteiger partial charge in [0.1, 0.15) is 11.9 Å². The molecule has 2 aromatic carbocycles. The van der Waals surface area contributed by atoms with Gasteiger partial charge in [-0.1, -0.05) is 24.3 Å². The molecule has 0 radical (unpaired) electrons. The minimum Gasteiger partial charge on any atom is -0.493 e. The van der Waals surface area contributed by atoms with Crippen molar-refractivity contribution in [2.75, 3.05) is 14.2 Å². The molecular formula is C15H14BrFO3. The zero-order valence-electron chi connectivity index (χ0n) is 11.1. The van der Waals surface area contributed by atoms with Crippen molar-refractivity contribution in [3.63, 3.8) is 0 Å². The maximum absolute atomic E-state index is 14.1. The summed E-state index contributed by atoms with van der Waals surface area (Å²) in [6, 6.07) is 9.88. The average Bonchev–Trinajstić information content (AvgIpc) is 2.48. The second-order valence-corrected chi connectivity index (χ2v) is 4.98. The van der Waals surface area contributed by atoms with Crippen LogP contribution in [-0.2, 0) is 0 Å². The van der Waals surface area contributed by atoms with Crippen LogP contribution in [0.2, 0.25) is 0 Å². The minimum absolute atomic E-state index is 0.172. The third kappa shape index (κ3) is 2.64. The number of hydrogen-bond acceptors (Lipinski definition) is 3. The largest absolute Gasteiger partial charge is 0.493 e. The molecule has 106 valence electrons. The first kappa shape index (κ1) is 14.8. The van der Waals surface area contributed by atoms with Crippen molar-refractivity contribution in [1.29, 1.82) is 0 Å². The fourth-order valence-corrected chi connectivity index (χ4v) is 2.41. The molecule has 0 aliphatic rings. The fraction of sp³-hybridized carbons (Fsp3) is 0.200. The summed E-state index contributed by atoms with van der Waals surface area (Å²) in [5, 5.41) is 10.4. The van der Waals surface area contributed by atoms with E-state index in [-0.39, 0.29) is 5.56 Å². The monoisotopic (exact) mass is 340 g/mol. The molecule has 3 nitrogen and oxygen atoms in total. The molecule has 0 fully saturated rings. The van der Waals surface area contributed by atoms with Crippen molar-refractivity contribution in [1.82, 2.24) is 0 Å². The number of aliphatic hydroxyl groups is 1. The van der Waals surface area contributed by atoms with E-state index in [9.17, 15) is 9.50 Å². The quantitative estimate of drug-likeness (QED) is 0.922. The van der Waals surface area contributed by atoms with Crippen LogP contribution in [0.5, 0.6) is 11.5 Å². The van der Waals surface area contributed by atoms with Crippen LogP contribution in [0.1, 0.15) is 17.2 Å². The maximum Gasteiger partial charge on any atom is 0.166 e. The maximum atomic E-state index is 14.1. The van der Waals surface area contributed by atoms with Crippen molar-refractivity contribution in [3.05, 3.63) is 57.8 Å². The van der Waals surface area contributed by atoms with E-state index in [1.165, 1.54) is 20.3 Å². The van der Waals surface area contributed by atoms with Crippen molar-refractivity contribution < 1.29 is 19.0 Å². The fourth-order valence-electron chi connectivity index (χ4n) is 2.03.